The maximum atomic E-state index is 8.57. The van der Waals surface area contributed by atoms with Crippen molar-refractivity contribution >= 4 is 0 Å². The van der Waals surface area contributed by atoms with Crippen LogP contribution in [0.3, 0.4) is 0 Å². The van der Waals surface area contributed by atoms with Crippen LogP contribution in [0.25, 0.3) is 0 Å². The Hall–Kier alpha value is 1.20. The molecule has 6 heteroatoms. The van der Waals surface area contributed by atoms with Gasteiger partial charge in [0.2, 0.25) is 0 Å². The first-order valence-electron chi connectivity index (χ1n) is 0.697. The maximum absolute atomic E-state index is 8.57. The Morgan fingerprint density at radius 2 is 1.17 bits per heavy atom. The van der Waals surface area contributed by atoms with E-state index in [0.29, 0.717) is 0 Å². The number of hydrogen-bond donors (Lipinski definition) is 0. The molecule has 0 unspecified atom stereocenters. The van der Waals surface area contributed by atoms with Gasteiger partial charge in [-0.15, -0.1) is 0 Å². The van der Waals surface area contributed by atoms with Gasteiger partial charge in [-0.3, -0.25) is 0 Å². The molecule has 0 fully saturated rings. The molecule has 0 aromatic heterocycles. The van der Waals surface area contributed by atoms with Crippen LogP contribution in [0.5, 0.6) is 0 Å². The van der Waals surface area contributed by atoms with E-state index in [1.54, 1.807) is 0 Å². The van der Waals surface area contributed by atoms with Gasteiger partial charge in [-0.05, 0) is 0 Å². The molecule has 0 amide bonds. The molecule has 0 aromatic carbocycles. The molecule has 6 heavy (non-hydrogen) atoms. The second kappa shape index (κ2) is 16.4. The molecule has 0 heterocycles. The fourth-order valence-corrected chi connectivity index (χ4v) is 0. The van der Waals surface area contributed by atoms with E-state index in [2.05, 4.69) is 0 Å². The predicted molar refractivity (Wildman–Crippen MR) is 2.75 cm³/mol. The number of hydrogen-bond acceptors (Lipinski definition) is 4. The zero-order chi connectivity index (χ0) is 5.41. The van der Waals surface area contributed by atoms with Crippen LogP contribution in [0.2, 0.25) is 0 Å². The summed E-state index contributed by atoms with van der Waals surface area (Å²) in [5.74, 6) is 0. The van der Waals surface area contributed by atoms with E-state index < -0.39 is 54.8 Å². The summed E-state index contributed by atoms with van der Waals surface area (Å²) in [5, 5.41) is 0. The van der Waals surface area contributed by atoms with Crippen molar-refractivity contribution in [3.8, 4) is 0 Å². The Kier molecular flexibility index (Phi) is 27.9. The molecule has 0 N–H and O–H groups in total. The Balaban J connectivity index is 0. The summed E-state index contributed by atoms with van der Waals surface area (Å²) in [7, 11) is 0. The zero-order valence-corrected chi connectivity index (χ0v) is 7.36. The molecule has 0 bridgehead atoms. The molecular weight excluding hydrogens is 305 g/mol. The van der Waals surface area contributed by atoms with Gasteiger partial charge in [0, 0.05) is 0 Å². The standard InChI is InChI=1S/Ce.4O.Ru. The molecule has 0 spiro atoms. The first-order valence-corrected chi connectivity index (χ1v) is 4.68. The van der Waals surface area contributed by atoms with Crippen LogP contribution in [-0.4, -0.2) is 0 Å². The summed E-state index contributed by atoms with van der Waals surface area (Å²) in [6.45, 7) is 0. The zero-order valence-electron chi connectivity index (χ0n) is 2.49. The van der Waals surface area contributed by atoms with Gasteiger partial charge >= 0.3 is 63.9 Å². The van der Waals surface area contributed by atoms with Crippen molar-refractivity contribution in [1.82, 2.24) is 0 Å². The molecule has 0 aromatic rings. The fourth-order valence-electron chi connectivity index (χ4n) is 0. The SMILES string of the molecule is [O]=[Ce]=[O].[O]=[Ru]=[O]. The quantitative estimate of drug-likeness (QED) is 0.567. The van der Waals surface area contributed by atoms with Gasteiger partial charge in [0.25, 0.3) is 0 Å². The molecule has 0 atom stereocenters. The van der Waals surface area contributed by atoms with Crippen molar-refractivity contribution < 1.29 is 63.9 Å². The summed E-state index contributed by atoms with van der Waals surface area (Å²) < 4.78 is 34.1. The second-order valence-corrected chi connectivity index (χ2v) is 0.955. The summed E-state index contributed by atoms with van der Waals surface area (Å²) in [6, 6.07) is 0. The summed E-state index contributed by atoms with van der Waals surface area (Å²) in [4.78, 5) is 0. The van der Waals surface area contributed by atoms with Crippen molar-refractivity contribution in [1.29, 1.82) is 0 Å². The monoisotopic (exact) mass is 306 g/mol. The van der Waals surface area contributed by atoms with Gasteiger partial charge in [-0.2, -0.15) is 0 Å². The van der Waals surface area contributed by atoms with E-state index in [9.17, 15) is 0 Å². The molecule has 36 valence electrons. The topological polar surface area (TPSA) is 68.3 Å². The third kappa shape index (κ3) is 63.7. The van der Waals surface area contributed by atoms with Gasteiger partial charge in [0.1, 0.15) is 0 Å². The minimum absolute atomic E-state index is 1.79. The average Bonchev–Trinajstić information content (AvgIpc) is 1.39. The van der Waals surface area contributed by atoms with E-state index in [0.717, 1.165) is 0 Å². The van der Waals surface area contributed by atoms with Crippen LogP contribution in [0.15, 0.2) is 0 Å². The molecule has 0 saturated carbocycles. The van der Waals surface area contributed by atoms with E-state index in [-0.39, 0.29) is 0 Å². The molecule has 0 aliphatic carbocycles. The van der Waals surface area contributed by atoms with Gasteiger partial charge in [-0.1, -0.05) is 0 Å². The molecule has 0 radical (unpaired) electrons. The Labute approximate surface area is 62.8 Å². The van der Waals surface area contributed by atoms with Crippen molar-refractivity contribution in [3.63, 3.8) is 0 Å². The van der Waals surface area contributed by atoms with E-state index >= 15 is 0 Å². The van der Waals surface area contributed by atoms with Crippen LogP contribution in [0, 0.1) is 37.8 Å². The molecule has 0 aliphatic heterocycles. The Morgan fingerprint density at radius 1 is 1.17 bits per heavy atom. The van der Waals surface area contributed by atoms with Gasteiger partial charge in [0.15, 0.2) is 0 Å². The van der Waals surface area contributed by atoms with Gasteiger partial charge in [0.05, 0.1) is 0 Å². The van der Waals surface area contributed by atoms with Crippen molar-refractivity contribution in [3.05, 3.63) is 0 Å². The second-order valence-electron chi connectivity index (χ2n) is 0.142. The summed E-state index contributed by atoms with van der Waals surface area (Å²) >= 11 is -4.21. The van der Waals surface area contributed by atoms with E-state index in [1.807, 2.05) is 0 Å². The van der Waals surface area contributed by atoms with E-state index in [1.165, 1.54) is 0 Å². The summed E-state index contributed by atoms with van der Waals surface area (Å²) in [5.41, 5.74) is 0. The third-order valence-corrected chi connectivity index (χ3v) is 0. The third-order valence-electron chi connectivity index (χ3n) is 0. The van der Waals surface area contributed by atoms with Crippen LogP contribution >= 0.6 is 0 Å². The normalized spacial score (nSPS) is 4.00. The first kappa shape index (κ1) is 10.2. The molecule has 0 rings (SSSR count). The molecule has 0 saturated heterocycles. The predicted octanol–water partition coefficient (Wildman–Crippen LogP) is -0.478. The van der Waals surface area contributed by atoms with E-state index in [4.69, 9.17) is 9.02 Å². The van der Waals surface area contributed by atoms with Crippen molar-refractivity contribution in [2.45, 2.75) is 0 Å². The van der Waals surface area contributed by atoms with Crippen LogP contribution < -0.4 is 0 Å². The Bertz CT molecular complexity index is 61.5. The first-order chi connectivity index (χ1) is 2.83. The van der Waals surface area contributed by atoms with Crippen LogP contribution in [-0.2, 0) is 26.1 Å². The van der Waals surface area contributed by atoms with Gasteiger partial charge < -0.3 is 0 Å². The van der Waals surface area contributed by atoms with Gasteiger partial charge in [-0.25, -0.2) is 0 Å². The fraction of sp³-hybridized carbons (Fsp3) is 0. The molecule has 4 nitrogen and oxygen atoms in total. The van der Waals surface area contributed by atoms with Crippen molar-refractivity contribution in [2.24, 2.45) is 0 Å². The number of rotatable bonds is 0. The van der Waals surface area contributed by atoms with Crippen LogP contribution in [0.4, 0.5) is 0 Å². The Morgan fingerprint density at radius 3 is 1.17 bits per heavy atom. The minimum atomic E-state index is -2.42. The van der Waals surface area contributed by atoms with Crippen molar-refractivity contribution in [2.75, 3.05) is 0 Å². The van der Waals surface area contributed by atoms with Crippen LogP contribution in [0.1, 0.15) is 0 Å². The average molecular weight is 305 g/mol. The molecule has 0 aliphatic rings. The summed E-state index contributed by atoms with van der Waals surface area (Å²) in [6.07, 6.45) is 0. The molecular formula is CeO4Ru.